The molecule has 2 aromatic rings. The lowest BCUT2D eigenvalue weighted by Gasteiger charge is -2.12. The number of carbonyl (C=O) groups excluding carboxylic acids is 1. The Bertz CT molecular complexity index is 692. The maximum atomic E-state index is 12.0. The van der Waals surface area contributed by atoms with Crippen molar-refractivity contribution < 1.29 is 9.79 Å². The number of hydrogen-bond acceptors (Lipinski definition) is 3. The molecular weight excluding hydrogens is 282 g/mol. The van der Waals surface area contributed by atoms with Crippen LogP contribution in [-0.4, -0.2) is 23.3 Å². The predicted molar refractivity (Wildman–Crippen MR) is 85.2 cm³/mol. The highest BCUT2D eigenvalue weighted by molar-refractivity contribution is 7.09. The van der Waals surface area contributed by atoms with Crippen molar-refractivity contribution in [1.29, 1.82) is 0 Å². The summed E-state index contributed by atoms with van der Waals surface area (Å²) in [6.07, 6.45) is 0. The van der Waals surface area contributed by atoms with Gasteiger partial charge in [0, 0.05) is 4.88 Å². The Morgan fingerprint density at radius 1 is 1.33 bits per heavy atom. The van der Waals surface area contributed by atoms with E-state index in [-0.39, 0.29) is 5.91 Å². The van der Waals surface area contributed by atoms with Crippen LogP contribution < -0.4 is 10.3 Å². The summed E-state index contributed by atoms with van der Waals surface area (Å²) in [5.41, 5.74) is 3.42. The fourth-order valence-electron chi connectivity index (χ4n) is 2.39. The van der Waals surface area contributed by atoms with E-state index in [1.165, 1.54) is 16.0 Å². The molecule has 1 aliphatic rings. The van der Waals surface area contributed by atoms with Crippen LogP contribution in [0.25, 0.3) is 0 Å². The molecule has 1 aromatic carbocycles. The van der Waals surface area contributed by atoms with Gasteiger partial charge in [-0.3, -0.25) is 9.79 Å². The first kappa shape index (κ1) is 13.8. The third kappa shape index (κ3) is 2.97. The molecule has 1 amide bonds. The molecule has 0 saturated heterocycles. The van der Waals surface area contributed by atoms with Gasteiger partial charge in [-0.25, -0.2) is 5.32 Å². The van der Waals surface area contributed by atoms with E-state index in [1.807, 2.05) is 23.6 Å². The highest BCUT2D eigenvalue weighted by Crippen LogP contribution is 2.18. The lowest BCUT2D eigenvalue weighted by atomic mass is 10.1. The molecule has 1 aliphatic heterocycles. The number of nitrogens with one attached hydrogen (secondary N) is 2. The molecule has 3 rings (SSSR count). The van der Waals surface area contributed by atoms with Gasteiger partial charge in [0.2, 0.25) is 0 Å². The van der Waals surface area contributed by atoms with Crippen molar-refractivity contribution in [3.05, 3.63) is 51.7 Å². The SMILES string of the molecule is Cc1ccc(NC2=[NH+]CC(=O)N2Cc2cccs2)c(C)c1. The number of carbonyl (C=O) groups is 1. The summed E-state index contributed by atoms with van der Waals surface area (Å²) in [7, 11) is 0. The van der Waals surface area contributed by atoms with E-state index in [9.17, 15) is 4.79 Å². The van der Waals surface area contributed by atoms with Gasteiger partial charge in [-0.15, -0.1) is 11.3 Å². The third-order valence-corrected chi connectivity index (χ3v) is 4.37. The highest BCUT2D eigenvalue weighted by Gasteiger charge is 2.33. The Kier molecular flexibility index (Phi) is 3.75. The first-order chi connectivity index (χ1) is 10.1. The molecule has 0 atom stereocenters. The fourth-order valence-corrected chi connectivity index (χ4v) is 3.09. The van der Waals surface area contributed by atoms with Crippen LogP contribution in [0.1, 0.15) is 16.0 Å². The lowest BCUT2D eigenvalue weighted by molar-refractivity contribution is -0.438. The monoisotopic (exact) mass is 300 g/mol. The summed E-state index contributed by atoms with van der Waals surface area (Å²) in [5, 5.41) is 5.37. The number of hydrogen-bond donors (Lipinski definition) is 2. The van der Waals surface area contributed by atoms with Gasteiger partial charge in [-0.1, -0.05) is 23.8 Å². The van der Waals surface area contributed by atoms with Gasteiger partial charge < -0.3 is 0 Å². The van der Waals surface area contributed by atoms with Crippen molar-refractivity contribution in [3.63, 3.8) is 0 Å². The molecule has 1 aromatic heterocycles. The topological polar surface area (TPSA) is 46.3 Å². The first-order valence-electron chi connectivity index (χ1n) is 6.91. The van der Waals surface area contributed by atoms with Crippen LogP contribution in [0.3, 0.4) is 0 Å². The molecule has 0 radical (unpaired) electrons. The van der Waals surface area contributed by atoms with E-state index in [0.29, 0.717) is 13.1 Å². The van der Waals surface area contributed by atoms with Gasteiger partial charge in [0.15, 0.2) is 6.54 Å². The molecule has 2 heterocycles. The normalized spacial score (nSPS) is 14.5. The van der Waals surface area contributed by atoms with Crippen LogP contribution in [-0.2, 0) is 11.3 Å². The van der Waals surface area contributed by atoms with Crippen molar-refractivity contribution in [2.24, 2.45) is 0 Å². The van der Waals surface area contributed by atoms with Crippen molar-refractivity contribution >= 4 is 28.9 Å². The number of rotatable bonds is 3. The Morgan fingerprint density at radius 3 is 2.90 bits per heavy atom. The average Bonchev–Trinajstić information content (AvgIpc) is 3.07. The minimum Gasteiger partial charge on any atom is -0.266 e. The molecule has 108 valence electrons. The highest BCUT2D eigenvalue weighted by atomic mass is 32.1. The molecule has 2 N–H and O–H groups in total. The van der Waals surface area contributed by atoms with Crippen molar-refractivity contribution in [2.45, 2.75) is 20.4 Å². The van der Waals surface area contributed by atoms with Gasteiger partial charge in [0.1, 0.15) is 12.2 Å². The van der Waals surface area contributed by atoms with E-state index in [2.05, 4.69) is 36.3 Å². The van der Waals surface area contributed by atoms with Crippen LogP contribution in [0.2, 0.25) is 0 Å². The largest absolute Gasteiger partial charge is 0.358 e. The smallest absolute Gasteiger partial charge is 0.266 e. The molecule has 0 aliphatic carbocycles. The summed E-state index contributed by atoms with van der Waals surface area (Å²) in [6, 6.07) is 10.3. The zero-order chi connectivity index (χ0) is 14.8. The quantitative estimate of drug-likeness (QED) is 0.896. The first-order valence-corrected chi connectivity index (χ1v) is 7.79. The third-order valence-electron chi connectivity index (χ3n) is 3.51. The lowest BCUT2D eigenvalue weighted by Crippen LogP contribution is -2.72. The number of thiophene rings is 1. The van der Waals surface area contributed by atoms with Crippen molar-refractivity contribution in [1.82, 2.24) is 4.90 Å². The van der Waals surface area contributed by atoms with Gasteiger partial charge in [0.05, 0.1) is 0 Å². The summed E-state index contributed by atoms with van der Waals surface area (Å²) >= 11 is 1.66. The summed E-state index contributed by atoms with van der Waals surface area (Å²) in [4.78, 5) is 18.1. The number of nitrogens with zero attached hydrogens (tertiary/aromatic N) is 1. The summed E-state index contributed by atoms with van der Waals surface area (Å²) < 4.78 is 0. The van der Waals surface area contributed by atoms with Crippen LogP contribution in [0.15, 0.2) is 35.7 Å². The van der Waals surface area contributed by atoms with Crippen molar-refractivity contribution in [3.8, 4) is 0 Å². The fraction of sp³-hybridized carbons (Fsp3) is 0.250. The Labute approximate surface area is 128 Å². The van der Waals surface area contributed by atoms with Gasteiger partial charge in [-0.2, -0.15) is 4.90 Å². The molecule has 0 saturated carbocycles. The van der Waals surface area contributed by atoms with Crippen LogP contribution in [0.5, 0.6) is 0 Å². The molecule has 0 bridgehead atoms. The molecule has 5 heteroatoms. The predicted octanol–water partition coefficient (Wildman–Crippen LogP) is 1.26. The maximum Gasteiger partial charge on any atom is 0.358 e. The van der Waals surface area contributed by atoms with Crippen molar-refractivity contribution in [2.75, 3.05) is 11.9 Å². The van der Waals surface area contributed by atoms with E-state index < -0.39 is 0 Å². The van der Waals surface area contributed by atoms with E-state index in [1.54, 1.807) is 16.2 Å². The summed E-state index contributed by atoms with van der Waals surface area (Å²) in [6.45, 7) is 5.09. The van der Waals surface area contributed by atoms with E-state index in [0.717, 1.165) is 11.6 Å². The van der Waals surface area contributed by atoms with Crippen LogP contribution in [0.4, 0.5) is 5.69 Å². The van der Waals surface area contributed by atoms with Gasteiger partial charge in [0.25, 0.3) is 0 Å². The number of benzene rings is 1. The Morgan fingerprint density at radius 2 is 2.19 bits per heavy atom. The summed E-state index contributed by atoms with van der Waals surface area (Å²) in [5.74, 6) is 0.857. The van der Waals surface area contributed by atoms with Crippen LogP contribution in [0, 0.1) is 13.8 Å². The van der Waals surface area contributed by atoms with Crippen LogP contribution >= 0.6 is 11.3 Å². The molecule has 0 spiro atoms. The van der Waals surface area contributed by atoms with E-state index in [4.69, 9.17) is 0 Å². The molecular formula is C16H18N3OS+. The zero-order valence-corrected chi connectivity index (χ0v) is 13.0. The minimum atomic E-state index is 0.0932. The van der Waals surface area contributed by atoms with E-state index >= 15 is 0 Å². The number of amides is 1. The maximum absolute atomic E-state index is 12.0. The second-order valence-electron chi connectivity index (χ2n) is 5.20. The standard InChI is InChI=1S/C16H17N3OS/c1-11-5-6-14(12(2)8-11)18-16-17-9-15(20)19(16)10-13-4-3-7-21-13/h3-8H,9-10H2,1-2H3,(H,17,18)/p+1. The number of aryl methyl sites for hydroxylation is 2. The minimum absolute atomic E-state index is 0.0932. The Hall–Kier alpha value is -2.14. The second kappa shape index (κ2) is 5.69. The Balaban J connectivity index is 1.78. The second-order valence-corrected chi connectivity index (χ2v) is 6.24. The van der Waals surface area contributed by atoms with Gasteiger partial charge in [-0.05, 0) is 36.9 Å². The molecule has 21 heavy (non-hydrogen) atoms. The molecule has 0 fully saturated rings. The average molecular weight is 300 g/mol. The molecule has 4 nitrogen and oxygen atoms in total. The number of guanidine groups is 1. The zero-order valence-electron chi connectivity index (χ0n) is 12.1. The number of anilines is 1. The van der Waals surface area contributed by atoms with Gasteiger partial charge >= 0.3 is 11.9 Å². The molecule has 0 unspecified atom stereocenters.